The van der Waals surface area contributed by atoms with Gasteiger partial charge in [-0.2, -0.15) is 0 Å². The lowest BCUT2D eigenvalue weighted by Gasteiger charge is -2.19. The molecule has 0 aromatic heterocycles. The van der Waals surface area contributed by atoms with Gasteiger partial charge in [0.05, 0.1) is 19.2 Å². The first kappa shape index (κ1) is 17.1. The number of fused-ring (bicyclic) bond motifs is 1. The molecule has 0 unspecified atom stereocenters. The molecule has 0 spiro atoms. The second-order valence-electron chi connectivity index (χ2n) is 6.04. The smallest absolute Gasteiger partial charge is 0.324 e. The maximum absolute atomic E-state index is 12.1. The van der Waals surface area contributed by atoms with Gasteiger partial charge < -0.3 is 20.7 Å². The molecule has 0 saturated carbocycles. The van der Waals surface area contributed by atoms with E-state index >= 15 is 0 Å². The van der Waals surface area contributed by atoms with Crippen molar-refractivity contribution in [3.05, 3.63) is 29.8 Å². The van der Waals surface area contributed by atoms with Crippen molar-refractivity contribution in [3.8, 4) is 5.75 Å². The molecule has 0 aliphatic carbocycles. The molecule has 25 heavy (non-hydrogen) atoms. The summed E-state index contributed by atoms with van der Waals surface area (Å²) in [5.74, 6) is 0.577. The standard InChI is InChI=1S/C17H22N4O4/c22-15-11-19-17(24)21(15)9-4-8-18-16(23)20-13-6-3-10-25-14-7-2-1-5-12(13)14/h1-2,5,7,13H,3-4,6,8-11H2,(H,19,24)(H2,18,20,23)/t13-/m0/s1. The number of nitrogens with zero attached hydrogens (tertiary/aromatic N) is 1. The molecular weight excluding hydrogens is 324 g/mol. The zero-order valence-corrected chi connectivity index (χ0v) is 13.9. The first-order valence-corrected chi connectivity index (χ1v) is 8.49. The Balaban J connectivity index is 1.45. The third kappa shape index (κ3) is 4.20. The van der Waals surface area contributed by atoms with Crippen LogP contribution in [0.25, 0.3) is 0 Å². The highest BCUT2D eigenvalue weighted by molar-refractivity contribution is 6.01. The number of imide groups is 1. The molecule has 3 N–H and O–H groups in total. The van der Waals surface area contributed by atoms with Crippen molar-refractivity contribution in [2.75, 3.05) is 26.2 Å². The monoisotopic (exact) mass is 346 g/mol. The van der Waals surface area contributed by atoms with Crippen LogP contribution in [-0.2, 0) is 4.79 Å². The number of nitrogens with one attached hydrogen (secondary N) is 3. The van der Waals surface area contributed by atoms with Crippen molar-refractivity contribution in [2.24, 2.45) is 0 Å². The maximum Gasteiger partial charge on any atom is 0.324 e. The molecule has 2 heterocycles. The second-order valence-corrected chi connectivity index (χ2v) is 6.04. The van der Waals surface area contributed by atoms with Gasteiger partial charge in [0.2, 0.25) is 5.91 Å². The van der Waals surface area contributed by atoms with Crippen molar-refractivity contribution < 1.29 is 19.1 Å². The lowest BCUT2D eigenvalue weighted by atomic mass is 10.0. The first-order valence-electron chi connectivity index (χ1n) is 8.49. The van der Waals surface area contributed by atoms with E-state index in [0.717, 1.165) is 24.2 Å². The Morgan fingerprint density at radius 3 is 2.96 bits per heavy atom. The number of ether oxygens (including phenoxy) is 1. The van der Waals surface area contributed by atoms with E-state index in [2.05, 4.69) is 16.0 Å². The van der Waals surface area contributed by atoms with Crippen LogP contribution in [0, 0.1) is 0 Å². The Kier molecular flexibility index (Phi) is 5.37. The molecule has 0 bridgehead atoms. The van der Waals surface area contributed by atoms with E-state index in [1.165, 1.54) is 4.90 Å². The van der Waals surface area contributed by atoms with E-state index in [4.69, 9.17) is 4.74 Å². The number of para-hydroxylation sites is 1. The minimum absolute atomic E-state index is 0.0515. The van der Waals surface area contributed by atoms with Crippen LogP contribution in [0.5, 0.6) is 5.75 Å². The van der Waals surface area contributed by atoms with Crippen LogP contribution in [0.3, 0.4) is 0 Å². The molecule has 3 rings (SSSR count). The van der Waals surface area contributed by atoms with Crippen LogP contribution in [0.1, 0.15) is 30.9 Å². The van der Waals surface area contributed by atoms with Gasteiger partial charge in [0.25, 0.3) is 0 Å². The Hall–Kier alpha value is -2.77. The minimum atomic E-state index is -0.371. The van der Waals surface area contributed by atoms with E-state index in [9.17, 15) is 14.4 Å². The van der Waals surface area contributed by atoms with E-state index in [-0.39, 0.29) is 30.6 Å². The molecule has 8 heteroatoms. The van der Waals surface area contributed by atoms with Crippen molar-refractivity contribution in [3.63, 3.8) is 0 Å². The molecule has 0 radical (unpaired) electrons. The van der Waals surface area contributed by atoms with Crippen molar-refractivity contribution >= 4 is 18.0 Å². The molecule has 1 saturated heterocycles. The molecule has 1 aromatic carbocycles. The number of urea groups is 2. The number of amides is 5. The largest absolute Gasteiger partial charge is 0.493 e. The molecule has 134 valence electrons. The third-order valence-electron chi connectivity index (χ3n) is 4.28. The third-order valence-corrected chi connectivity index (χ3v) is 4.28. The highest BCUT2D eigenvalue weighted by Gasteiger charge is 2.27. The summed E-state index contributed by atoms with van der Waals surface area (Å²) in [6, 6.07) is 6.98. The Morgan fingerprint density at radius 1 is 1.32 bits per heavy atom. The van der Waals surface area contributed by atoms with E-state index in [1.54, 1.807) is 0 Å². The minimum Gasteiger partial charge on any atom is -0.493 e. The van der Waals surface area contributed by atoms with Gasteiger partial charge in [-0.05, 0) is 25.3 Å². The zero-order chi connectivity index (χ0) is 17.6. The lowest BCUT2D eigenvalue weighted by molar-refractivity contribution is -0.125. The summed E-state index contributed by atoms with van der Waals surface area (Å²) in [6.45, 7) is 1.37. The average Bonchev–Trinajstić information content (AvgIpc) is 2.81. The SMILES string of the molecule is O=C(NCCCN1C(=O)CNC1=O)N[C@H]1CCCOc2ccccc21. The normalized spacial score (nSPS) is 19.5. The average molecular weight is 346 g/mol. The van der Waals surface area contributed by atoms with Gasteiger partial charge in [-0.1, -0.05) is 18.2 Å². The summed E-state index contributed by atoms with van der Waals surface area (Å²) < 4.78 is 5.69. The summed E-state index contributed by atoms with van der Waals surface area (Å²) in [5.41, 5.74) is 0.981. The molecule has 1 fully saturated rings. The molecule has 1 atom stereocenters. The fourth-order valence-corrected chi connectivity index (χ4v) is 3.00. The van der Waals surface area contributed by atoms with Crippen LogP contribution in [0.2, 0.25) is 0 Å². The second kappa shape index (κ2) is 7.87. The Bertz CT molecular complexity index is 648. The van der Waals surface area contributed by atoms with Gasteiger partial charge in [0.1, 0.15) is 5.75 Å². The van der Waals surface area contributed by atoms with Crippen LogP contribution in [0.4, 0.5) is 9.59 Å². The molecule has 1 aromatic rings. The summed E-state index contributed by atoms with van der Waals surface area (Å²) in [7, 11) is 0. The number of hydrogen-bond acceptors (Lipinski definition) is 4. The Morgan fingerprint density at radius 2 is 2.16 bits per heavy atom. The van der Waals surface area contributed by atoms with Gasteiger partial charge in [-0.25, -0.2) is 9.59 Å². The summed E-state index contributed by atoms with van der Waals surface area (Å²) in [6.07, 6.45) is 2.19. The van der Waals surface area contributed by atoms with Gasteiger partial charge in [-0.3, -0.25) is 9.69 Å². The van der Waals surface area contributed by atoms with Gasteiger partial charge >= 0.3 is 12.1 Å². The molecule has 5 amide bonds. The fourth-order valence-electron chi connectivity index (χ4n) is 3.00. The highest BCUT2D eigenvalue weighted by atomic mass is 16.5. The maximum atomic E-state index is 12.1. The topological polar surface area (TPSA) is 99.8 Å². The molecule has 8 nitrogen and oxygen atoms in total. The molecular formula is C17H22N4O4. The van der Waals surface area contributed by atoms with Crippen LogP contribution >= 0.6 is 0 Å². The fraction of sp³-hybridized carbons (Fsp3) is 0.471. The van der Waals surface area contributed by atoms with Crippen LogP contribution in [-0.4, -0.2) is 49.1 Å². The zero-order valence-electron chi connectivity index (χ0n) is 13.9. The van der Waals surface area contributed by atoms with Crippen molar-refractivity contribution in [2.45, 2.75) is 25.3 Å². The summed E-state index contributed by atoms with van der Waals surface area (Å²) in [5, 5.41) is 8.21. The number of carbonyl (C=O) groups is 3. The van der Waals surface area contributed by atoms with E-state index in [0.29, 0.717) is 26.1 Å². The lowest BCUT2D eigenvalue weighted by Crippen LogP contribution is -2.40. The molecule has 2 aliphatic rings. The van der Waals surface area contributed by atoms with Crippen LogP contribution < -0.4 is 20.7 Å². The number of carbonyl (C=O) groups excluding carboxylic acids is 3. The van der Waals surface area contributed by atoms with E-state index < -0.39 is 0 Å². The van der Waals surface area contributed by atoms with Crippen molar-refractivity contribution in [1.29, 1.82) is 0 Å². The number of hydrogen-bond donors (Lipinski definition) is 3. The van der Waals surface area contributed by atoms with Gasteiger partial charge in [0.15, 0.2) is 0 Å². The van der Waals surface area contributed by atoms with Crippen LogP contribution in [0.15, 0.2) is 24.3 Å². The quantitative estimate of drug-likeness (QED) is 0.550. The predicted molar refractivity (Wildman–Crippen MR) is 90.2 cm³/mol. The van der Waals surface area contributed by atoms with Gasteiger partial charge in [-0.15, -0.1) is 0 Å². The van der Waals surface area contributed by atoms with Gasteiger partial charge in [0, 0.05) is 18.7 Å². The van der Waals surface area contributed by atoms with Crippen molar-refractivity contribution in [1.82, 2.24) is 20.9 Å². The first-order chi connectivity index (χ1) is 12.1. The predicted octanol–water partition coefficient (Wildman–Crippen LogP) is 1.14. The summed E-state index contributed by atoms with van der Waals surface area (Å²) in [4.78, 5) is 36.2. The Labute approximate surface area is 145 Å². The highest BCUT2D eigenvalue weighted by Crippen LogP contribution is 2.30. The number of rotatable bonds is 5. The number of benzene rings is 1. The summed E-state index contributed by atoms with van der Waals surface area (Å²) >= 11 is 0. The molecule has 2 aliphatic heterocycles. The van der Waals surface area contributed by atoms with E-state index in [1.807, 2.05) is 24.3 Å².